The minimum absolute atomic E-state index is 0.0317. The van der Waals surface area contributed by atoms with Gasteiger partial charge in [-0.25, -0.2) is 8.42 Å². The lowest BCUT2D eigenvalue weighted by Gasteiger charge is -2.33. The van der Waals surface area contributed by atoms with Gasteiger partial charge in [-0.05, 0) is 34.1 Å². The van der Waals surface area contributed by atoms with Crippen molar-refractivity contribution in [1.82, 2.24) is 9.21 Å². The highest BCUT2D eigenvalue weighted by Crippen LogP contribution is 2.27. The molecular weight excluding hydrogens is 346 g/mol. The van der Waals surface area contributed by atoms with Gasteiger partial charge in [0.2, 0.25) is 15.9 Å². The van der Waals surface area contributed by atoms with Crippen LogP contribution in [0.2, 0.25) is 0 Å². The average molecular weight is 362 g/mol. The highest BCUT2D eigenvalue weighted by atomic mass is 79.9. The topological polar surface area (TPSA) is 83.7 Å². The molecule has 8 heteroatoms. The van der Waals surface area contributed by atoms with Crippen molar-refractivity contribution in [3.8, 4) is 0 Å². The number of benzene rings is 1. The van der Waals surface area contributed by atoms with Gasteiger partial charge in [-0.1, -0.05) is 0 Å². The maximum absolute atomic E-state index is 12.5. The molecule has 0 aromatic heterocycles. The van der Waals surface area contributed by atoms with Crippen molar-refractivity contribution in [1.29, 1.82) is 0 Å². The van der Waals surface area contributed by atoms with Crippen molar-refractivity contribution < 1.29 is 13.2 Å². The standard InChI is InChI=1S/C12H16BrN3O3S/c1-9(17)15-4-6-16(7-5-15)20(18,19)12-3-2-10(14)8-11(12)13/h2-3,8H,4-7,14H2,1H3. The van der Waals surface area contributed by atoms with Crippen LogP contribution < -0.4 is 5.73 Å². The van der Waals surface area contributed by atoms with Crippen molar-refractivity contribution >= 4 is 37.5 Å². The molecule has 2 N–H and O–H groups in total. The summed E-state index contributed by atoms with van der Waals surface area (Å²) < 4.78 is 26.9. The molecule has 1 heterocycles. The number of rotatable bonds is 2. The zero-order valence-corrected chi connectivity index (χ0v) is 13.4. The van der Waals surface area contributed by atoms with E-state index in [2.05, 4.69) is 15.9 Å². The first-order valence-corrected chi connectivity index (χ1v) is 8.36. The van der Waals surface area contributed by atoms with Crippen molar-refractivity contribution in [2.75, 3.05) is 31.9 Å². The fourth-order valence-electron chi connectivity index (χ4n) is 2.11. The Hall–Kier alpha value is -1.12. The number of anilines is 1. The van der Waals surface area contributed by atoms with Crippen LogP contribution in [-0.4, -0.2) is 49.7 Å². The summed E-state index contributed by atoms with van der Waals surface area (Å²) in [5.74, 6) is -0.0317. The van der Waals surface area contributed by atoms with Crippen LogP contribution in [0.15, 0.2) is 27.6 Å². The summed E-state index contributed by atoms with van der Waals surface area (Å²) in [4.78, 5) is 13.1. The molecule has 1 aliphatic heterocycles. The molecule has 20 heavy (non-hydrogen) atoms. The first-order valence-electron chi connectivity index (χ1n) is 6.13. The van der Waals surface area contributed by atoms with E-state index in [9.17, 15) is 13.2 Å². The van der Waals surface area contributed by atoms with Gasteiger partial charge in [0.05, 0.1) is 4.90 Å². The molecule has 1 aromatic carbocycles. The van der Waals surface area contributed by atoms with Crippen LogP contribution in [0.3, 0.4) is 0 Å². The van der Waals surface area contributed by atoms with Crippen LogP contribution in [0.5, 0.6) is 0 Å². The fourth-order valence-corrected chi connectivity index (χ4v) is 4.59. The predicted octanol–water partition coefficient (Wildman–Crippen LogP) is 0.884. The van der Waals surface area contributed by atoms with E-state index in [0.717, 1.165) is 0 Å². The molecule has 0 saturated carbocycles. The Morgan fingerprint density at radius 3 is 2.35 bits per heavy atom. The molecular formula is C12H16BrN3O3S. The summed E-state index contributed by atoms with van der Waals surface area (Å²) >= 11 is 3.23. The number of nitrogen functional groups attached to an aromatic ring is 1. The molecule has 0 bridgehead atoms. The molecule has 1 saturated heterocycles. The lowest BCUT2D eigenvalue weighted by atomic mass is 10.3. The SMILES string of the molecule is CC(=O)N1CCN(S(=O)(=O)c2ccc(N)cc2Br)CC1. The number of piperazine rings is 1. The molecule has 1 aromatic rings. The van der Waals surface area contributed by atoms with E-state index in [1.165, 1.54) is 17.3 Å². The number of carbonyl (C=O) groups excluding carboxylic acids is 1. The van der Waals surface area contributed by atoms with Crippen LogP contribution in [0.4, 0.5) is 5.69 Å². The Kier molecular flexibility index (Phi) is 4.36. The summed E-state index contributed by atoms with van der Waals surface area (Å²) in [7, 11) is -3.57. The summed E-state index contributed by atoms with van der Waals surface area (Å²) in [6.45, 7) is 2.93. The van der Waals surface area contributed by atoms with E-state index in [0.29, 0.717) is 36.3 Å². The van der Waals surface area contributed by atoms with Gasteiger partial charge >= 0.3 is 0 Å². The number of amides is 1. The zero-order chi connectivity index (χ0) is 14.9. The second-order valence-electron chi connectivity index (χ2n) is 4.60. The van der Waals surface area contributed by atoms with Gasteiger partial charge in [0.1, 0.15) is 0 Å². The van der Waals surface area contributed by atoms with E-state index in [1.54, 1.807) is 17.0 Å². The lowest BCUT2D eigenvalue weighted by molar-refractivity contribution is -0.129. The molecule has 0 atom stereocenters. The number of nitrogens with two attached hydrogens (primary N) is 1. The van der Waals surface area contributed by atoms with E-state index < -0.39 is 10.0 Å². The normalized spacial score (nSPS) is 17.2. The van der Waals surface area contributed by atoms with Crippen LogP contribution in [0, 0.1) is 0 Å². The molecule has 1 amide bonds. The van der Waals surface area contributed by atoms with E-state index >= 15 is 0 Å². The maximum atomic E-state index is 12.5. The Morgan fingerprint density at radius 2 is 1.85 bits per heavy atom. The van der Waals surface area contributed by atoms with Gasteiger partial charge < -0.3 is 10.6 Å². The number of carbonyl (C=O) groups is 1. The Balaban J connectivity index is 2.22. The number of hydrogen-bond acceptors (Lipinski definition) is 4. The summed E-state index contributed by atoms with van der Waals surface area (Å²) in [6.07, 6.45) is 0. The minimum atomic E-state index is -3.57. The van der Waals surface area contributed by atoms with Crippen LogP contribution >= 0.6 is 15.9 Å². The number of nitrogens with zero attached hydrogens (tertiary/aromatic N) is 2. The summed E-state index contributed by atoms with van der Waals surface area (Å²) in [5.41, 5.74) is 6.12. The van der Waals surface area contributed by atoms with Crippen LogP contribution in [0.1, 0.15) is 6.92 Å². The Bertz CT molecular complexity index is 625. The first kappa shape index (κ1) is 15.3. The molecule has 0 radical (unpaired) electrons. The Morgan fingerprint density at radius 1 is 1.25 bits per heavy atom. The highest BCUT2D eigenvalue weighted by molar-refractivity contribution is 9.10. The third-order valence-electron chi connectivity index (χ3n) is 3.26. The molecule has 1 aliphatic rings. The van der Waals surface area contributed by atoms with Crippen molar-refractivity contribution in [3.63, 3.8) is 0 Å². The van der Waals surface area contributed by atoms with Crippen LogP contribution in [-0.2, 0) is 14.8 Å². The third kappa shape index (κ3) is 2.97. The molecule has 2 rings (SSSR count). The lowest BCUT2D eigenvalue weighted by Crippen LogP contribution is -2.49. The molecule has 0 spiro atoms. The second-order valence-corrected chi connectivity index (χ2v) is 7.36. The monoisotopic (exact) mass is 361 g/mol. The first-order chi connectivity index (χ1) is 9.32. The molecule has 6 nitrogen and oxygen atoms in total. The minimum Gasteiger partial charge on any atom is -0.399 e. The van der Waals surface area contributed by atoms with Crippen molar-refractivity contribution in [2.24, 2.45) is 0 Å². The predicted molar refractivity (Wildman–Crippen MR) is 79.6 cm³/mol. The van der Waals surface area contributed by atoms with Gasteiger partial charge in [0.15, 0.2) is 0 Å². The van der Waals surface area contributed by atoms with Gasteiger partial charge in [-0.3, -0.25) is 4.79 Å². The maximum Gasteiger partial charge on any atom is 0.244 e. The molecule has 110 valence electrons. The highest BCUT2D eigenvalue weighted by Gasteiger charge is 2.30. The summed E-state index contributed by atoms with van der Waals surface area (Å²) in [6, 6.07) is 4.62. The van der Waals surface area contributed by atoms with Crippen molar-refractivity contribution in [3.05, 3.63) is 22.7 Å². The van der Waals surface area contributed by atoms with Gasteiger partial charge in [-0.15, -0.1) is 0 Å². The fraction of sp³-hybridized carbons (Fsp3) is 0.417. The number of halogens is 1. The quantitative estimate of drug-likeness (QED) is 0.792. The second kappa shape index (κ2) is 5.71. The third-order valence-corrected chi connectivity index (χ3v) is 6.13. The van der Waals surface area contributed by atoms with Crippen molar-refractivity contribution in [2.45, 2.75) is 11.8 Å². The average Bonchev–Trinajstić information content (AvgIpc) is 2.38. The van der Waals surface area contributed by atoms with Gasteiger partial charge in [-0.2, -0.15) is 4.31 Å². The van der Waals surface area contributed by atoms with E-state index in [-0.39, 0.29) is 10.8 Å². The summed E-state index contributed by atoms with van der Waals surface area (Å²) in [5, 5.41) is 0. The van der Waals surface area contributed by atoms with Gasteiger partial charge in [0.25, 0.3) is 0 Å². The van der Waals surface area contributed by atoms with Crippen LogP contribution in [0.25, 0.3) is 0 Å². The smallest absolute Gasteiger partial charge is 0.244 e. The van der Waals surface area contributed by atoms with E-state index in [4.69, 9.17) is 5.73 Å². The number of hydrogen-bond donors (Lipinski definition) is 1. The molecule has 1 fully saturated rings. The Labute approximate surface area is 126 Å². The number of sulfonamides is 1. The van der Waals surface area contributed by atoms with E-state index in [1.807, 2.05) is 0 Å². The molecule has 0 unspecified atom stereocenters. The molecule has 0 aliphatic carbocycles. The van der Waals surface area contributed by atoms with Gasteiger partial charge in [0, 0.05) is 43.3 Å². The zero-order valence-electron chi connectivity index (χ0n) is 11.0. The largest absolute Gasteiger partial charge is 0.399 e.